The van der Waals surface area contributed by atoms with Crippen molar-refractivity contribution in [2.45, 2.75) is 71.5 Å². The highest BCUT2D eigenvalue weighted by Crippen LogP contribution is 2.38. The number of aryl methyl sites for hydroxylation is 1. The fourth-order valence-electron chi connectivity index (χ4n) is 4.16. The molecular weight excluding hydrogens is 380 g/mol. The summed E-state index contributed by atoms with van der Waals surface area (Å²) in [5.74, 6) is -0.748. The molecule has 1 aromatic heterocycles. The molecule has 0 unspecified atom stereocenters. The minimum Gasteiger partial charge on any atom is -0.452 e. The van der Waals surface area contributed by atoms with Gasteiger partial charge in [-0.05, 0) is 52.5 Å². The quantitative estimate of drug-likeness (QED) is 0.645. The lowest BCUT2D eigenvalue weighted by molar-refractivity contribution is -0.138. The van der Waals surface area contributed by atoms with E-state index in [4.69, 9.17) is 4.74 Å². The Hall–Kier alpha value is -1.83. The van der Waals surface area contributed by atoms with E-state index in [0.29, 0.717) is 24.4 Å². The van der Waals surface area contributed by atoms with E-state index in [1.165, 1.54) is 0 Å². The second kappa shape index (κ2) is 7.89. The molecule has 2 fully saturated rings. The number of rotatable bonds is 7. The van der Waals surface area contributed by atoms with E-state index in [9.17, 15) is 18.0 Å². The summed E-state index contributed by atoms with van der Waals surface area (Å²) in [4.78, 5) is 27.0. The molecule has 1 aliphatic heterocycles. The largest absolute Gasteiger partial charge is 0.452 e. The van der Waals surface area contributed by atoms with Crippen molar-refractivity contribution < 1.29 is 22.7 Å². The lowest BCUT2D eigenvalue weighted by atomic mass is 10.1. The monoisotopic (exact) mass is 410 g/mol. The minimum atomic E-state index is -3.10. The average molecular weight is 411 g/mol. The lowest BCUT2D eigenvalue weighted by Gasteiger charge is -2.33. The number of hydrogen-bond donors (Lipinski definition) is 0. The van der Waals surface area contributed by atoms with Crippen LogP contribution in [0, 0.1) is 13.8 Å². The van der Waals surface area contributed by atoms with E-state index >= 15 is 0 Å². The number of carbonyl (C=O) groups excluding carboxylic acids is 2. The normalized spacial score (nSPS) is 22.1. The first kappa shape index (κ1) is 20.9. The lowest BCUT2D eigenvalue weighted by Crippen LogP contribution is -2.48. The number of esters is 1. The highest BCUT2D eigenvalue weighted by molar-refractivity contribution is 7.91. The Morgan fingerprint density at radius 1 is 1.29 bits per heavy atom. The highest BCUT2D eigenvalue weighted by atomic mass is 32.2. The van der Waals surface area contributed by atoms with Crippen LogP contribution in [0.4, 0.5) is 0 Å². The van der Waals surface area contributed by atoms with Crippen LogP contribution in [0.1, 0.15) is 67.3 Å². The van der Waals surface area contributed by atoms with Crippen LogP contribution < -0.4 is 0 Å². The van der Waals surface area contributed by atoms with Gasteiger partial charge in [0.2, 0.25) is 0 Å². The molecule has 2 aliphatic rings. The van der Waals surface area contributed by atoms with Gasteiger partial charge in [-0.1, -0.05) is 6.92 Å². The number of amides is 1. The molecular formula is C20H30N2O5S. The Labute approximate surface area is 166 Å². The molecule has 1 aromatic rings. The Bertz CT molecular complexity index is 869. The summed E-state index contributed by atoms with van der Waals surface area (Å²) in [5.41, 5.74) is 2.39. The predicted molar refractivity (Wildman–Crippen MR) is 106 cm³/mol. The molecule has 1 aliphatic carbocycles. The zero-order valence-electron chi connectivity index (χ0n) is 17.1. The molecule has 1 amide bonds. The predicted octanol–water partition coefficient (Wildman–Crippen LogP) is 2.41. The third-order valence-corrected chi connectivity index (χ3v) is 7.65. The Morgan fingerprint density at radius 3 is 2.50 bits per heavy atom. The van der Waals surface area contributed by atoms with Crippen LogP contribution in [-0.4, -0.2) is 60.0 Å². The van der Waals surface area contributed by atoms with E-state index in [2.05, 4.69) is 4.57 Å². The molecule has 1 saturated heterocycles. The van der Waals surface area contributed by atoms with Crippen molar-refractivity contribution in [1.29, 1.82) is 0 Å². The van der Waals surface area contributed by atoms with Crippen LogP contribution in [0.25, 0.3) is 0 Å². The molecule has 0 spiro atoms. The summed E-state index contributed by atoms with van der Waals surface area (Å²) in [7, 11) is -3.10. The van der Waals surface area contributed by atoms with Crippen molar-refractivity contribution in [2.24, 2.45) is 0 Å². The van der Waals surface area contributed by atoms with Crippen molar-refractivity contribution in [2.75, 3.05) is 18.1 Å². The first-order valence-electron chi connectivity index (χ1n) is 10.0. The number of aromatic nitrogens is 1. The summed E-state index contributed by atoms with van der Waals surface area (Å²) in [5, 5.41) is 0. The van der Waals surface area contributed by atoms with Crippen LogP contribution in [0.15, 0.2) is 6.07 Å². The van der Waals surface area contributed by atoms with Gasteiger partial charge in [-0.25, -0.2) is 13.2 Å². The fraction of sp³-hybridized carbons (Fsp3) is 0.700. The van der Waals surface area contributed by atoms with Gasteiger partial charge in [0.05, 0.1) is 17.1 Å². The summed E-state index contributed by atoms with van der Waals surface area (Å²) in [6, 6.07) is 1.83. The van der Waals surface area contributed by atoms with Crippen molar-refractivity contribution in [3.05, 3.63) is 23.0 Å². The number of carbonyl (C=O) groups is 2. The Morgan fingerprint density at radius 2 is 1.96 bits per heavy atom. The van der Waals surface area contributed by atoms with E-state index < -0.39 is 15.8 Å². The summed E-state index contributed by atoms with van der Waals surface area (Å²) in [6.07, 6.45) is 3.39. The van der Waals surface area contributed by atoms with E-state index in [-0.39, 0.29) is 36.1 Å². The number of ether oxygens (including phenoxy) is 1. The molecule has 28 heavy (non-hydrogen) atoms. The maximum atomic E-state index is 12.8. The third kappa shape index (κ3) is 4.26. The van der Waals surface area contributed by atoms with Crippen LogP contribution in [0.3, 0.4) is 0 Å². The van der Waals surface area contributed by atoms with Gasteiger partial charge in [0, 0.05) is 29.5 Å². The first-order valence-corrected chi connectivity index (χ1v) is 11.8. The van der Waals surface area contributed by atoms with E-state index in [0.717, 1.165) is 24.2 Å². The molecule has 0 aromatic carbocycles. The number of sulfone groups is 1. The third-order valence-electron chi connectivity index (χ3n) is 5.90. The van der Waals surface area contributed by atoms with E-state index in [1.807, 2.05) is 33.8 Å². The molecule has 0 radical (unpaired) electrons. The molecule has 1 saturated carbocycles. The minimum absolute atomic E-state index is 0.0143. The molecule has 8 heteroatoms. The Kier molecular flexibility index (Phi) is 5.89. The van der Waals surface area contributed by atoms with Crippen LogP contribution in [0.2, 0.25) is 0 Å². The van der Waals surface area contributed by atoms with Crippen molar-refractivity contribution in [1.82, 2.24) is 9.47 Å². The van der Waals surface area contributed by atoms with Gasteiger partial charge in [0.15, 0.2) is 16.4 Å². The van der Waals surface area contributed by atoms with Crippen molar-refractivity contribution in [3.63, 3.8) is 0 Å². The molecule has 2 atom stereocenters. The van der Waals surface area contributed by atoms with Gasteiger partial charge in [-0.2, -0.15) is 0 Å². The van der Waals surface area contributed by atoms with Gasteiger partial charge in [-0.3, -0.25) is 4.79 Å². The molecule has 7 nitrogen and oxygen atoms in total. The molecule has 0 N–H and O–H groups in total. The SMILES string of the molecule is CC[C@H](C)N(C(=O)COC(=O)c1cc(C)n(C2CC2)c1C)[C@@H]1CCS(=O)(=O)C1. The Balaban J connectivity index is 1.67. The van der Waals surface area contributed by atoms with Crippen molar-refractivity contribution in [3.8, 4) is 0 Å². The van der Waals surface area contributed by atoms with Crippen LogP contribution in [-0.2, 0) is 19.4 Å². The molecule has 2 heterocycles. The zero-order valence-corrected chi connectivity index (χ0v) is 17.9. The standard InChI is InChI=1S/C20H30N2O5S/c1-5-13(2)22(17-8-9-28(25,26)12-17)19(23)11-27-20(24)18-10-14(3)21(15(18)4)16-6-7-16/h10,13,16-17H,5-9,11-12H2,1-4H3/t13-,17+/m0/s1. The topological polar surface area (TPSA) is 85.7 Å². The fourth-order valence-corrected chi connectivity index (χ4v) is 5.87. The summed E-state index contributed by atoms with van der Waals surface area (Å²) < 4.78 is 31.2. The smallest absolute Gasteiger partial charge is 0.340 e. The summed E-state index contributed by atoms with van der Waals surface area (Å²) >= 11 is 0. The highest BCUT2D eigenvalue weighted by Gasteiger charge is 2.37. The van der Waals surface area contributed by atoms with Crippen LogP contribution in [0.5, 0.6) is 0 Å². The number of hydrogen-bond acceptors (Lipinski definition) is 5. The van der Waals surface area contributed by atoms with E-state index in [1.54, 1.807) is 4.90 Å². The van der Waals surface area contributed by atoms with Gasteiger partial charge in [-0.15, -0.1) is 0 Å². The number of nitrogens with zero attached hydrogens (tertiary/aromatic N) is 2. The summed E-state index contributed by atoms with van der Waals surface area (Å²) in [6.45, 7) is 7.35. The molecule has 0 bridgehead atoms. The van der Waals surface area contributed by atoms with Gasteiger partial charge in [0.1, 0.15) is 0 Å². The maximum Gasteiger partial charge on any atom is 0.340 e. The van der Waals surface area contributed by atoms with Crippen molar-refractivity contribution >= 4 is 21.7 Å². The maximum absolute atomic E-state index is 12.8. The van der Waals surface area contributed by atoms with Gasteiger partial charge < -0.3 is 14.2 Å². The van der Waals surface area contributed by atoms with Gasteiger partial charge in [0.25, 0.3) is 5.91 Å². The molecule has 3 rings (SSSR count). The second-order valence-electron chi connectivity index (χ2n) is 8.08. The van der Waals surface area contributed by atoms with Crippen LogP contribution >= 0.6 is 0 Å². The first-order chi connectivity index (χ1) is 13.1. The second-order valence-corrected chi connectivity index (χ2v) is 10.3. The van der Waals surface area contributed by atoms with Gasteiger partial charge >= 0.3 is 5.97 Å². The molecule has 156 valence electrons. The average Bonchev–Trinajstić information content (AvgIpc) is 3.33. The zero-order chi connectivity index (χ0) is 20.6.